The Hall–Kier alpha value is -0.760. The second-order valence-electron chi connectivity index (χ2n) is 6.81. The lowest BCUT2D eigenvalue weighted by molar-refractivity contribution is 0.102. The van der Waals surface area contributed by atoms with E-state index in [-0.39, 0.29) is 29.5 Å². The molecule has 0 spiro atoms. The van der Waals surface area contributed by atoms with Crippen molar-refractivity contribution in [1.82, 2.24) is 15.5 Å². The van der Waals surface area contributed by atoms with Crippen LogP contribution in [-0.2, 0) is 6.42 Å². The molecule has 0 unspecified atom stereocenters. The van der Waals surface area contributed by atoms with Crippen molar-refractivity contribution in [2.45, 2.75) is 52.0 Å². The minimum Gasteiger partial charge on any atom is -0.469 e. The summed E-state index contributed by atoms with van der Waals surface area (Å²) in [5.74, 6) is 1.89. The first-order valence-electron chi connectivity index (χ1n) is 8.91. The fourth-order valence-electron chi connectivity index (χ4n) is 2.97. The van der Waals surface area contributed by atoms with Crippen LogP contribution in [0.15, 0.2) is 27.8 Å². The molecular formula is C18H33IN4O. The van der Waals surface area contributed by atoms with Crippen molar-refractivity contribution in [2.24, 2.45) is 4.99 Å². The molecule has 1 fully saturated rings. The zero-order chi connectivity index (χ0) is 16.5. The molecule has 1 aromatic heterocycles. The third-order valence-electron chi connectivity index (χ3n) is 4.42. The molecule has 0 amide bonds. The quantitative estimate of drug-likeness (QED) is 0.382. The number of aliphatic imine (C=N–C) groups is 1. The van der Waals surface area contributed by atoms with E-state index in [0.29, 0.717) is 0 Å². The molecule has 24 heavy (non-hydrogen) atoms. The number of halogens is 1. The van der Waals surface area contributed by atoms with Gasteiger partial charge in [0, 0.05) is 25.0 Å². The molecule has 1 saturated heterocycles. The van der Waals surface area contributed by atoms with Gasteiger partial charge >= 0.3 is 0 Å². The number of nitrogens with one attached hydrogen (secondary N) is 2. The second-order valence-corrected chi connectivity index (χ2v) is 6.81. The van der Waals surface area contributed by atoms with Gasteiger partial charge < -0.3 is 15.1 Å². The van der Waals surface area contributed by atoms with Gasteiger partial charge in [0.05, 0.1) is 12.8 Å². The molecule has 1 aliphatic heterocycles. The van der Waals surface area contributed by atoms with Crippen LogP contribution in [-0.4, -0.2) is 49.1 Å². The molecule has 0 saturated carbocycles. The van der Waals surface area contributed by atoms with Gasteiger partial charge in [-0.2, -0.15) is 0 Å². The number of likely N-dealkylation sites (tertiary alicyclic amines) is 1. The predicted molar refractivity (Wildman–Crippen MR) is 111 cm³/mol. The van der Waals surface area contributed by atoms with Gasteiger partial charge in [-0.05, 0) is 58.8 Å². The van der Waals surface area contributed by atoms with Gasteiger partial charge in [0.1, 0.15) is 5.76 Å². The van der Waals surface area contributed by atoms with Crippen molar-refractivity contribution in [2.75, 3.05) is 32.7 Å². The first-order valence-corrected chi connectivity index (χ1v) is 8.91. The van der Waals surface area contributed by atoms with Crippen molar-refractivity contribution >= 4 is 29.9 Å². The lowest BCUT2D eigenvalue weighted by Crippen LogP contribution is -2.49. The summed E-state index contributed by atoms with van der Waals surface area (Å²) >= 11 is 0. The lowest BCUT2D eigenvalue weighted by Gasteiger charge is -2.40. The number of hydrogen-bond donors (Lipinski definition) is 2. The fraction of sp³-hybridized carbons (Fsp3) is 0.722. The van der Waals surface area contributed by atoms with Crippen LogP contribution in [0, 0.1) is 0 Å². The van der Waals surface area contributed by atoms with Gasteiger partial charge in [-0.1, -0.05) is 6.42 Å². The third kappa shape index (κ3) is 7.01. The van der Waals surface area contributed by atoms with Crippen LogP contribution in [0.4, 0.5) is 0 Å². The van der Waals surface area contributed by atoms with E-state index in [1.807, 2.05) is 12.1 Å². The Morgan fingerprint density at radius 3 is 2.62 bits per heavy atom. The summed E-state index contributed by atoms with van der Waals surface area (Å²) in [5.41, 5.74) is 0.115. The Morgan fingerprint density at radius 1 is 1.25 bits per heavy atom. The van der Waals surface area contributed by atoms with Gasteiger partial charge in [0.25, 0.3) is 0 Å². The van der Waals surface area contributed by atoms with E-state index in [1.165, 1.54) is 32.4 Å². The maximum atomic E-state index is 5.36. The maximum Gasteiger partial charge on any atom is 0.191 e. The number of hydrogen-bond acceptors (Lipinski definition) is 3. The Labute approximate surface area is 163 Å². The number of guanidine groups is 1. The molecule has 6 heteroatoms. The van der Waals surface area contributed by atoms with Crippen molar-refractivity contribution < 1.29 is 4.42 Å². The standard InChI is InChI=1S/C18H32N4O.HI/c1-4-19-17(20-11-10-16-9-8-14-23-16)21-15-18(2,3)22-12-6-5-7-13-22;/h8-9,14H,4-7,10-13,15H2,1-3H3,(H2,19,20,21);1H. The summed E-state index contributed by atoms with van der Waals surface area (Å²) in [6.07, 6.45) is 6.58. The van der Waals surface area contributed by atoms with E-state index in [1.54, 1.807) is 6.26 Å². The molecule has 2 N–H and O–H groups in total. The summed E-state index contributed by atoms with van der Waals surface area (Å²) in [6, 6.07) is 3.93. The monoisotopic (exact) mass is 448 g/mol. The van der Waals surface area contributed by atoms with Crippen LogP contribution in [0.5, 0.6) is 0 Å². The van der Waals surface area contributed by atoms with Crippen molar-refractivity contribution in [3.8, 4) is 0 Å². The van der Waals surface area contributed by atoms with Crippen LogP contribution >= 0.6 is 24.0 Å². The molecule has 0 aliphatic carbocycles. The average Bonchev–Trinajstić information content (AvgIpc) is 3.07. The number of piperidine rings is 1. The van der Waals surface area contributed by atoms with Crippen LogP contribution in [0.25, 0.3) is 0 Å². The highest BCUT2D eigenvalue weighted by molar-refractivity contribution is 14.0. The summed E-state index contributed by atoms with van der Waals surface area (Å²) < 4.78 is 5.36. The molecule has 5 nitrogen and oxygen atoms in total. The smallest absolute Gasteiger partial charge is 0.191 e. The molecule has 0 radical (unpaired) electrons. The second kappa shape index (κ2) is 11.0. The number of furan rings is 1. The first kappa shape index (κ1) is 21.3. The zero-order valence-electron chi connectivity index (χ0n) is 15.3. The predicted octanol–water partition coefficient (Wildman–Crippen LogP) is 3.26. The van der Waals surface area contributed by atoms with E-state index < -0.39 is 0 Å². The molecular weight excluding hydrogens is 415 g/mol. The summed E-state index contributed by atoms with van der Waals surface area (Å²) in [5, 5.41) is 6.72. The van der Waals surface area contributed by atoms with Gasteiger partial charge in [-0.3, -0.25) is 9.89 Å². The van der Waals surface area contributed by atoms with Crippen LogP contribution in [0.3, 0.4) is 0 Å². The highest BCUT2D eigenvalue weighted by atomic mass is 127. The first-order chi connectivity index (χ1) is 11.1. The zero-order valence-corrected chi connectivity index (χ0v) is 17.6. The molecule has 2 rings (SSSR count). The van der Waals surface area contributed by atoms with E-state index in [4.69, 9.17) is 9.41 Å². The third-order valence-corrected chi connectivity index (χ3v) is 4.42. The van der Waals surface area contributed by atoms with Gasteiger partial charge in [-0.15, -0.1) is 24.0 Å². The number of nitrogens with zero attached hydrogens (tertiary/aromatic N) is 2. The Morgan fingerprint density at radius 2 is 2.00 bits per heavy atom. The maximum absolute atomic E-state index is 5.36. The van der Waals surface area contributed by atoms with Gasteiger partial charge in [-0.25, -0.2) is 0 Å². The lowest BCUT2D eigenvalue weighted by atomic mass is 9.99. The molecule has 138 valence electrons. The molecule has 0 aromatic carbocycles. The van der Waals surface area contributed by atoms with Crippen LogP contribution in [0.2, 0.25) is 0 Å². The van der Waals surface area contributed by atoms with Crippen molar-refractivity contribution in [3.05, 3.63) is 24.2 Å². The topological polar surface area (TPSA) is 52.8 Å². The summed E-state index contributed by atoms with van der Waals surface area (Å²) in [6.45, 7) is 11.6. The Balaban J connectivity index is 0.00000288. The summed E-state index contributed by atoms with van der Waals surface area (Å²) in [7, 11) is 0. The minimum absolute atomic E-state index is 0. The van der Waals surface area contributed by atoms with Gasteiger partial charge in [0.2, 0.25) is 0 Å². The molecule has 0 atom stereocenters. The van der Waals surface area contributed by atoms with Gasteiger partial charge in [0.15, 0.2) is 5.96 Å². The SMILES string of the molecule is CCNC(=NCC(C)(C)N1CCCCC1)NCCc1ccco1.I. The largest absolute Gasteiger partial charge is 0.469 e. The summed E-state index contributed by atoms with van der Waals surface area (Å²) in [4.78, 5) is 7.38. The van der Waals surface area contributed by atoms with E-state index in [0.717, 1.165) is 37.8 Å². The minimum atomic E-state index is 0. The molecule has 1 aliphatic rings. The molecule has 2 heterocycles. The van der Waals surface area contributed by atoms with Crippen molar-refractivity contribution in [1.29, 1.82) is 0 Å². The van der Waals surface area contributed by atoms with Crippen LogP contribution < -0.4 is 10.6 Å². The van der Waals surface area contributed by atoms with E-state index in [2.05, 4.69) is 36.3 Å². The number of rotatable bonds is 7. The van der Waals surface area contributed by atoms with E-state index >= 15 is 0 Å². The Bertz CT molecular complexity index is 467. The van der Waals surface area contributed by atoms with Crippen molar-refractivity contribution in [3.63, 3.8) is 0 Å². The molecule has 1 aromatic rings. The average molecular weight is 448 g/mol. The molecule has 0 bridgehead atoms. The van der Waals surface area contributed by atoms with Crippen LogP contribution in [0.1, 0.15) is 45.8 Å². The highest BCUT2D eigenvalue weighted by Crippen LogP contribution is 2.20. The normalized spacial score (nSPS) is 16.5. The fourth-order valence-corrected chi connectivity index (χ4v) is 2.97. The highest BCUT2D eigenvalue weighted by Gasteiger charge is 2.27. The Kier molecular flexibility index (Phi) is 9.73. The van der Waals surface area contributed by atoms with E-state index in [9.17, 15) is 0 Å².